The van der Waals surface area contributed by atoms with Gasteiger partial charge in [0, 0.05) is 106 Å². The molecule has 10 N–H and O–H groups in total. The summed E-state index contributed by atoms with van der Waals surface area (Å²) >= 11 is 10.4. The minimum Gasteiger partial charge on any atom is -0.508 e. The van der Waals surface area contributed by atoms with Crippen LogP contribution in [-0.4, -0.2) is 101 Å². The van der Waals surface area contributed by atoms with Crippen molar-refractivity contribution in [2.45, 2.75) is 141 Å². The third-order valence-electron chi connectivity index (χ3n) is 15.4. The highest BCUT2D eigenvalue weighted by atomic mass is 79.9. The lowest BCUT2D eigenvalue weighted by atomic mass is 9.90. The molecular formula is C64H78Br2N4O10S2. The maximum absolute atomic E-state index is 12.5. The molecule has 8 atom stereocenters. The molecule has 82 heavy (non-hydrogen) atoms. The van der Waals surface area contributed by atoms with Crippen LogP contribution in [0, 0.1) is 37.5 Å². The second-order valence-electron chi connectivity index (χ2n) is 21.7. The van der Waals surface area contributed by atoms with Crippen LogP contribution in [0.15, 0.2) is 117 Å². The molecule has 0 spiro atoms. The number of rotatable bonds is 28. The molecule has 2 aliphatic rings. The summed E-state index contributed by atoms with van der Waals surface area (Å²) in [6.45, 7) is 5.15. The fourth-order valence-corrected chi connectivity index (χ4v) is 14.0. The van der Waals surface area contributed by atoms with Crippen LogP contribution in [0.3, 0.4) is 0 Å². The van der Waals surface area contributed by atoms with Gasteiger partial charge in [-0.3, -0.25) is 19.2 Å². The summed E-state index contributed by atoms with van der Waals surface area (Å²) < 4.78 is 2.23. The van der Waals surface area contributed by atoms with Crippen LogP contribution in [0.5, 0.6) is 11.5 Å². The smallest absolute Gasteiger partial charge is 0.220 e. The van der Waals surface area contributed by atoms with Gasteiger partial charge in [-0.2, -0.15) is 0 Å². The molecule has 2 aromatic carbocycles. The molecule has 0 saturated heterocycles. The van der Waals surface area contributed by atoms with E-state index in [1.807, 2.05) is 68.8 Å². The van der Waals surface area contributed by atoms with Crippen molar-refractivity contribution in [3.63, 3.8) is 0 Å². The third kappa shape index (κ3) is 19.3. The van der Waals surface area contributed by atoms with Gasteiger partial charge >= 0.3 is 0 Å². The van der Waals surface area contributed by atoms with Crippen molar-refractivity contribution >= 4 is 99.7 Å². The number of H-pyrrole nitrogens is 2. The molecule has 8 rings (SSSR count). The molecule has 4 aromatic heterocycles. The summed E-state index contributed by atoms with van der Waals surface area (Å²) in [5, 5.41) is 69.0. The summed E-state index contributed by atoms with van der Waals surface area (Å²) in [6, 6.07) is 14.7. The SMILES string of the molecule is Cc1cc(CC[C@H](O)/C=C/[C@H]2C(=O)C[C@H](O)[C@@H]2C/C=C\CCCC(=O)NCCc2c[nH]c3ccc(O)cc23)sc1Br.Cc1cc(CC[C@H](O)/C=C/[C@H]2[C@H](O)CC(=O)[C@@H]2C/C=C\CCCC(=O)NCCc2c[nH]c3ccc(O)cc23)sc1Br. The molecule has 2 saturated carbocycles. The Morgan fingerprint density at radius 2 is 1.15 bits per heavy atom. The number of hydrogen-bond acceptors (Lipinski definition) is 12. The number of allylic oxidation sites excluding steroid dienone is 5. The Labute approximate surface area is 505 Å². The van der Waals surface area contributed by atoms with E-state index in [1.165, 1.54) is 20.9 Å². The Balaban J connectivity index is 0.000000236. The molecule has 2 amide bonds. The second kappa shape index (κ2) is 32.0. The average Bonchev–Trinajstić information content (AvgIpc) is 4.51. The number of aliphatic hydroxyl groups excluding tert-OH is 4. The number of ketones is 2. The van der Waals surface area contributed by atoms with E-state index in [-0.39, 0.29) is 65.5 Å². The largest absolute Gasteiger partial charge is 0.508 e. The fourth-order valence-electron chi connectivity index (χ4n) is 10.7. The first-order valence-corrected chi connectivity index (χ1v) is 31.7. The first-order chi connectivity index (χ1) is 39.4. The number of nitrogens with one attached hydrogen (secondary N) is 4. The number of aromatic hydroxyl groups is 2. The van der Waals surface area contributed by atoms with Crippen molar-refractivity contribution in [1.29, 1.82) is 0 Å². The highest BCUT2D eigenvalue weighted by molar-refractivity contribution is 9.11. The van der Waals surface area contributed by atoms with Gasteiger partial charge in [0.2, 0.25) is 11.8 Å². The zero-order valence-corrected chi connectivity index (χ0v) is 51.4. The molecular weight excluding hydrogens is 1210 g/mol. The lowest BCUT2D eigenvalue weighted by Crippen LogP contribution is -2.25. The van der Waals surface area contributed by atoms with E-state index < -0.39 is 30.3 Å². The molecule has 18 heteroatoms. The molecule has 2 fully saturated rings. The minimum absolute atomic E-state index is 0.000730. The number of aromatic nitrogens is 2. The monoisotopic (exact) mass is 1280 g/mol. The Bertz CT molecular complexity index is 3170. The van der Waals surface area contributed by atoms with Crippen molar-refractivity contribution in [3.8, 4) is 11.5 Å². The summed E-state index contributed by atoms with van der Waals surface area (Å²) in [6.07, 6.45) is 25.3. The molecule has 14 nitrogen and oxygen atoms in total. The number of halogens is 2. The number of aromatic amines is 2. The van der Waals surface area contributed by atoms with E-state index in [0.717, 1.165) is 66.2 Å². The maximum Gasteiger partial charge on any atom is 0.220 e. The van der Waals surface area contributed by atoms with E-state index in [1.54, 1.807) is 65.2 Å². The zero-order valence-electron chi connectivity index (χ0n) is 46.6. The Morgan fingerprint density at radius 3 is 1.65 bits per heavy atom. The predicted molar refractivity (Wildman–Crippen MR) is 334 cm³/mol. The van der Waals surface area contributed by atoms with Crippen molar-refractivity contribution in [3.05, 3.63) is 149 Å². The van der Waals surface area contributed by atoms with Gasteiger partial charge in [0.15, 0.2) is 0 Å². The minimum atomic E-state index is -0.723. The third-order valence-corrected chi connectivity index (χ3v) is 19.8. The highest BCUT2D eigenvalue weighted by Gasteiger charge is 2.40. The van der Waals surface area contributed by atoms with Crippen LogP contribution in [0.1, 0.15) is 109 Å². The Hall–Kier alpha value is -5.44. The number of aryl methyl sites for hydroxylation is 4. The summed E-state index contributed by atoms with van der Waals surface area (Å²) in [5.74, 6) is -0.680. The second-order valence-corrected chi connectivity index (χ2v) is 26.6. The standard InChI is InChI=1S/2C32H39BrN2O5S/c2*1-20-16-24(41-32(20)33)11-8-22(36)9-12-26-25(29(38)18-30(26)39)6-4-2-3-5-7-31(40)34-15-14-21-19-35-28-13-10-23(37)17-27(21)28/h2,4,9-10,12-13,16-17,19,22,25-26,30,35-37,39H,3,5-8,11,14-15,18H2,1H3,(H,34,40);2,4,9-10,12-13,16-17,19,22,25-26,29,35-38H,3,5-8,11,14-15,18H2,1H3,(H,34,40)/b2*4-2-,12-9+/t22-,25+,26+,30+;22-,25+,26+,29-/m00/s1. The molecule has 4 heterocycles. The number of phenols is 2. The average molecular weight is 1290 g/mol. The normalized spacial score (nSPS) is 20.1. The number of thiophene rings is 2. The van der Waals surface area contributed by atoms with Gasteiger partial charge in [0.1, 0.15) is 23.1 Å². The number of fused-ring (bicyclic) bond motifs is 2. The van der Waals surface area contributed by atoms with Crippen molar-refractivity contribution in [2.75, 3.05) is 13.1 Å². The lowest BCUT2D eigenvalue weighted by molar-refractivity contribution is -0.122. The number of Topliss-reactive ketones (excluding diaryl/α,β-unsaturated/α-hetero) is 2. The quantitative estimate of drug-likeness (QED) is 0.0164. The van der Waals surface area contributed by atoms with Crippen LogP contribution in [0.2, 0.25) is 0 Å². The number of carbonyl (C=O) groups excluding carboxylic acids is 4. The van der Waals surface area contributed by atoms with Gasteiger partial charge in [0.25, 0.3) is 0 Å². The fraction of sp³-hybridized carbons (Fsp3) is 0.438. The molecule has 0 radical (unpaired) electrons. The Morgan fingerprint density at radius 1 is 0.659 bits per heavy atom. The molecule has 440 valence electrons. The molecule has 0 aliphatic heterocycles. The molecule has 2 aliphatic carbocycles. The van der Waals surface area contributed by atoms with Crippen LogP contribution < -0.4 is 10.6 Å². The van der Waals surface area contributed by atoms with E-state index in [2.05, 4.69) is 64.6 Å². The van der Waals surface area contributed by atoms with E-state index >= 15 is 0 Å². The number of unbranched alkanes of at least 4 members (excludes halogenated alkanes) is 2. The van der Waals surface area contributed by atoms with Gasteiger partial charge in [-0.1, -0.05) is 48.6 Å². The lowest BCUT2D eigenvalue weighted by Gasteiger charge is -2.17. The summed E-state index contributed by atoms with van der Waals surface area (Å²) in [4.78, 5) is 58.3. The number of hydrogen-bond donors (Lipinski definition) is 10. The molecule has 6 aromatic rings. The number of aliphatic hydroxyl groups is 4. The van der Waals surface area contributed by atoms with E-state index in [0.29, 0.717) is 77.3 Å². The number of benzene rings is 2. The van der Waals surface area contributed by atoms with Gasteiger partial charge in [-0.05, 0) is 194 Å². The zero-order chi connectivity index (χ0) is 58.7. The van der Waals surface area contributed by atoms with Crippen LogP contribution >= 0.6 is 54.5 Å². The van der Waals surface area contributed by atoms with Gasteiger partial charge in [-0.25, -0.2) is 0 Å². The number of carbonyl (C=O) groups is 4. The van der Waals surface area contributed by atoms with Gasteiger partial charge in [0.05, 0.1) is 32.0 Å². The van der Waals surface area contributed by atoms with Crippen molar-refractivity contribution in [1.82, 2.24) is 20.6 Å². The maximum atomic E-state index is 12.5. The van der Waals surface area contributed by atoms with Crippen LogP contribution in [0.4, 0.5) is 0 Å². The van der Waals surface area contributed by atoms with E-state index in [4.69, 9.17) is 0 Å². The summed E-state index contributed by atoms with van der Waals surface area (Å²) in [7, 11) is 0. The summed E-state index contributed by atoms with van der Waals surface area (Å²) in [5.41, 5.74) is 6.41. The molecule has 0 unspecified atom stereocenters. The van der Waals surface area contributed by atoms with Gasteiger partial charge in [-0.15, -0.1) is 22.7 Å². The van der Waals surface area contributed by atoms with Crippen molar-refractivity contribution < 1.29 is 49.8 Å². The van der Waals surface area contributed by atoms with E-state index in [9.17, 15) is 49.8 Å². The first-order valence-electron chi connectivity index (χ1n) is 28.5. The Kier molecular flexibility index (Phi) is 25.0. The predicted octanol–water partition coefficient (Wildman–Crippen LogP) is 11.8. The van der Waals surface area contributed by atoms with Crippen LogP contribution in [0.25, 0.3) is 21.8 Å². The molecule has 0 bridgehead atoms. The topological polar surface area (TPSA) is 245 Å². The van der Waals surface area contributed by atoms with Gasteiger partial charge < -0.3 is 51.2 Å². The number of phenolic OH excluding ortho intramolecular Hbond substituents is 2. The number of amides is 2. The first kappa shape index (κ1) is 64.1. The van der Waals surface area contributed by atoms with Crippen LogP contribution in [-0.2, 0) is 44.9 Å². The van der Waals surface area contributed by atoms with Crippen molar-refractivity contribution in [2.24, 2.45) is 23.7 Å². The highest BCUT2D eigenvalue weighted by Crippen LogP contribution is 2.36.